The Balaban J connectivity index is 2.35. The van der Waals surface area contributed by atoms with Crippen LogP contribution in [-0.2, 0) is 6.42 Å². The number of benzene rings is 1. The third-order valence-electron chi connectivity index (χ3n) is 4.89. The average molecular weight is 392 g/mol. The summed E-state index contributed by atoms with van der Waals surface area (Å²) in [5.41, 5.74) is 2.16. The predicted molar refractivity (Wildman–Crippen MR) is 106 cm³/mol. The van der Waals surface area contributed by atoms with Crippen LogP contribution in [0.15, 0.2) is 53.6 Å². The Kier molecular flexibility index (Phi) is 7.17. The molecule has 28 heavy (non-hydrogen) atoms. The number of fused-ring (bicyclic) bond motifs is 1. The Morgan fingerprint density at radius 2 is 2.00 bits per heavy atom. The Morgan fingerprint density at radius 3 is 2.61 bits per heavy atom. The van der Waals surface area contributed by atoms with E-state index in [0.29, 0.717) is 17.6 Å². The summed E-state index contributed by atoms with van der Waals surface area (Å²) in [5.74, 6) is -3.92. The molecule has 0 aromatic heterocycles. The van der Waals surface area contributed by atoms with Crippen molar-refractivity contribution in [3.63, 3.8) is 0 Å². The van der Waals surface area contributed by atoms with Gasteiger partial charge in [0.15, 0.2) is 23.1 Å². The van der Waals surface area contributed by atoms with Crippen LogP contribution in [0.2, 0.25) is 0 Å². The lowest BCUT2D eigenvalue weighted by Gasteiger charge is -2.25. The number of hydrogen-bond donors (Lipinski definition) is 0. The molecule has 0 amide bonds. The predicted octanol–water partition coefficient (Wildman–Crippen LogP) is 6.97. The number of allylic oxidation sites excluding steroid dienone is 5. The lowest BCUT2D eigenvalue weighted by Crippen LogP contribution is -2.15. The number of hydrogen-bond acceptors (Lipinski definition) is 2. The third-order valence-corrected chi connectivity index (χ3v) is 4.89. The van der Waals surface area contributed by atoms with Crippen LogP contribution in [0.1, 0.15) is 46.1 Å². The second-order valence-electron chi connectivity index (χ2n) is 7.02. The summed E-state index contributed by atoms with van der Waals surface area (Å²) < 4.78 is 54.2. The fourth-order valence-electron chi connectivity index (χ4n) is 2.85. The maximum absolute atomic E-state index is 15.0. The van der Waals surface area contributed by atoms with Gasteiger partial charge in [-0.15, -0.1) is 0 Å². The van der Waals surface area contributed by atoms with Gasteiger partial charge in [-0.2, -0.15) is 8.78 Å². The normalized spacial score (nSPS) is 17.0. The van der Waals surface area contributed by atoms with Gasteiger partial charge in [0.2, 0.25) is 11.6 Å². The molecular weight excluding hydrogens is 365 g/mol. The molecule has 1 aromatic rings. The van der Waals surface area contributed by atoms with Gasteiger partial charge >= 0.3 is 0 Å². The van der Waals surface area contributed by atoms with Crippen LogP contribution >= 0.6 is 0 Å². The first-order valence-corrected chi connectivity index (χ1v) is 9.45. The van der Waals surface area contributed by atoms with E-state index >= 15 is 4.39 Å². The number of rotatable bonds is 7. The Hall–Kier alpha value is -2.43. The summed E-state index contributed by atoms with van der Waals surface area (Å²) in [6, 6.07) is 1.37. The summed E-state index contributed by atoms with van der Waals surface area (Å²) in [4.78, 5) is 0. The standard InChI is InChI=1S/C23H27F3O2/c1-7-13(3)9-10-14(4)16(6)19(24)22-15(5)11-17-12-18(27-8-2)20(25)21(26)23(17)28-22/h9,12,14H,5-8,10-11H2,1-4H3/b13-9+,22-19-. The number of ether oxygens (including phenoxy) is 2. The van der Waals surface area contributed by atoms with Crippen molar-refractivity contribution in [2.45, 2.75) is 47.0 Å². The summed E-state index contributed by atoms with van der Waals surface area (Å²) >= 11 is 0. The summed E-state index contributed by atoms with van der Waals surface area (Å²) in [5, 5.41) is 0. The quantitative estimate of drug-likeness (QED) is 0.466. The van der Waals surface area contributed by atoms with Crippen LogP contribution in [0.3, 0.4) is 0 Å². The molecule has 2 nitrogen and oxygen atoms in total. The molecule has 1 heterocycles. The van der Waals surface area contributed by atoms with Crippen molar-refractivity contribution >= 4 is 0 Å². The summed E-state index contributed by atoms with van der Waals surface area (Å²) in [6.45, 7) is 15.5. The Morgan fingerprint density at radius 1 is 1.32 bits per heavy atom. The van der Waals surface area contributed by atoms with Crippen molar-refractivity contribution in [1.82, 2.24) is 0 Å². The fourth-order valence-corrected chi connectivity index (χ4v) is 2.85. The van der Waals surface area contributed by atoms with E-state index in [1.165, 1.54) is 11.6 Å². The SMILES string of the molecule is C=C1Cc2cc(OCC)c(F)c(F)c2O/C1=C(\F)C(=C)C(C)C/C=C(\C)CC. The highest BCUT2D eigenvalue weighted by molar-refractivity contribution is 5.52. The van der Waals surface area contributed by atoms with E-state index in [-0.39, 0.29) is 41.8 Å². The molecule has 0 fully saturated rings. The van der Waals surface area contributed by atoms with Crippen molar-refractivity contribution in [2.24, 2.45) is 5.92 Å². The minimum atomic E-state index is -1.20. The van der Waals surface area contributed by atoms with E-state index in [2.05, 4.69) is 20.1 Å². The minimum absolute atomic E-state index is 0.131. The zero-order chi connectivity index (χ0) is 21.0. The van der Waals surface area contributed by atoms with E-state index in [9.17, 15) is 8.78 Å². The van der Waals surface area contributed by atoms with E-state index < -0.39 is 17.5 Å². The molecule has 0 N–H and O–H groups in total. The van der Waals surface area contributed by atoms with Crippen LogP contribution in [0, 0.1) is 17.6 Å². The molecule has 2 rings (SSSR count). The Bertz CT molecular complexity index is 850. The van der Waals surface area contributed by atoms with Crippen molar-refractivity contribution in [2.75, 3.05) is 6.61 Å². The highest BCUT2D eigenvalue weighted by Crippen LogP contribution is 2.41. The molecule has 0 aliphatic carbocycles. The largest absolute Gasteiger partial charge is 0.491 e. The molecule has 0 saturated heterocycles. The Labute approximate surface area is 165 Å². The fraction of sp³-hybridized carbons (Fsp3) is 0.391. The zero-order valence-corrected chi connectivity index (χ0v) is 16.9. The van der Waals surface area contributed by atoms with E-state index in [0.717, 1.165) is 6.42 Å². The van der Waals surface area contributed by atoms with Gasteiger partial charge in [0, 0.05) is 12.0 Å². The molecule has 1 aliphatic heterocycles. The van der Waals surface area contributed by atoms with Gasteiger partial charge < -0.3 is 9.47 Å². The van der Waals surface area contributed by atoms with Gasteiger partial charge in [-0.3, -0.25) is 0 Å². The van der Waals surface area contributed by atoms with Crippen molar-refractivity contribution < 1.29 is 22.6 Å². The average Bonchev–Trinajstić information content (AvgIpc) is 2.68. The smallest absolute Gasteiger partial charge is 0.205 e. The van der Waals surface area contributed by atoms with Gasteiger partial charge in [-0.1, -0.05) is 38.7 Å². The van der Waals surface area contributed by atoms with Crippen LogP contribution < -0.4 is 9.47 Å². The van der Waals surface area contributed by atoms with Gasteiger partial charge in [-0.05, 0) is 49.8 Å². The molecule has 5 heteroatoms. The molecule has 0 radical (unpaired) electrons. The van der Waals surface area contributed by atoms with Crippen molar-refractivity contribution in [1.29, 1.82) is 0 Å². The highest BCUT2D eigenvalue weighted by atomic mass is 19.2. The van der Waals surface area contributed by atoms with Crippen molar-refractivity contribution in [3.8, 4) is 11.5 Å². The molecule has 1 aliphatic rings. The molecular formula is C23H27F3O2. The molecule has 152 valence electrons. The topological polar surface area (TPSA) is 18.5 Å². The molecule has 0 saturated carbocycles. The summed E-state index contributed by atoms with van der Waals surface area (Å²) in [6.07, 6.45) is 3.73. The molecule has 0 spiro atoms. The molecule has 1 aromatic carbocycles. The van der Waals surface area contributed by atoms with E-state index in [4.69, 9.17) is 9.47 Å². The van der Waals surface area contributed by atoms with Crippen LogP contribution in [0.4, 0.5) is 13.2 Å². The second-order valence-corrected chi connectivity index (χ2v) is 7.02. The maximum Gasteiger partial charge on any atom is 0.205 e. The van der Waals surface area contributed by atoms with E-state index in [1.54, 1.807) is 6.92 Å². The monoisotopic (exact) mass is 392 g/mol. The maximum atomic E-state index is 15.0. The highest BCUT2D eigenvalue weighted by Gasteiger charge is 2.30. The van der Waals surface area contributed by atoms with Crippen LogP contribution in [0.25, 0.3) is 0 Å². The first-order chi connectivity index (χ1) is 13.2. The number of halogens is 3. The zero-order valence-electron chi connectivity index (χ0n) is 16.9. The van der Waals surface area contributed by atoms with Gasteiger partial charge in [0.1, 0.15) is 0 Å². The van der Waals surface area contributed by atoms with Gasteiger partial charge in [-0.25, -0.2) is 4.39 Å². The molecule has 1 unspecified atom stereocenters. The molecule has 1 atom stereocenters. The van der Waals surface area contributed by atoms with Gasteiger partial charge in [0.25, 0.3) is 0 Å². The second kappa shape index (κ2) is 9.18. The van der Waals surface area contributed by atoms with Crippen LogP contribution in [0.5, 0.6) is 11.5 Å². The lowest BCUT2D eigenvalue weighted by atomic mass is 9.93. The minimum Gasteiger partial charge on any atom is -0.491 e. The molecule has 0 bridgehead atoms. The van der Waals surface area contributed by atoms with Gasteiger partial charge in [0.05, 0.1) is 6.61 Å². The first-order valence-electron chi connectivity index (χ1n) is 9.45. The summed E-state index contributed by atoms with van der Waals surface area (Å²) in [7, 11) is 0. The van der Waals surface area contributed by atoms with Crippen LogP contribution in [-0.4, -0.2) is 6.61 Å². The van der Waals surface area contributed by atoms with E-state index in [1.807, 2.05) is 19.9 Å². The third kappa shape index (κ3) is 4.51. The van der Waals surface area contributed by atoms with Crippen molar-refractivity contribution in [3.05, 3.63) is 70.8 Å². The lowest BCUT2D eigenvalue weighted by molar-refractivity contribution is 0.302. The first kappa shape index (κ1) is 21.9.